The van der Waals surface area contributed by atoms with Crippen molar-refractivity contribution >= 4 is 35.2 Å². The van der Waals surface area contributed by atoms with Crippen molar-refractivity contribution in [1.29, 1.82) is 0 Å². The van der Waals surface area contributed by atoms with Gasteiger partial charge in [-0.25, -0.2) is 4.79 Å². The van der Waals surface area contributed by atoms with E-state index in [1.54, 1.807) is 24.3 Å². The smallest absolute Gasteiger partial charge is 0.405 e. The van der Waals surface area contributed by atoms with Gasteiger partial charge in [0.1, 0.15) is 5.82 Å². The van der Waals surface area contributed by atoms with Crippen LogP contribution in [0.2, 0.25) is 5.02 Å². The summed E-state index contributed by atoms with van der Waals surface area (Å²) in [6.45, 7) is 1.40. The number of carbonyl (C=O) groups excluding carboxylic acids is 3. The first-order valence-corrected chi connectivity index (χ1v) is 7.33. The minimum absolute atomic E-state index is 0.181. The second-order valence-corrected chi connectivity index (χ2v) is 5.32. The molecule has 0 fully saturated rings. The minimum atomic E-state index is -1.05. The standard InChI is InChI=1S/C15H15ClN4O4/c1-8(24-15(17)23)12(21)7-10-9(3-2-4-11(10)16)14(22)19-13-5-6-18-20-13/h2-6,8H,7H2,1H3,(H2,17,23)(H2,18,19,20,22). The number of amides is 2. The van der Waals surface area contributed by atoms with Gasteiger partial charge in [0.2, 0.25) is 0 Å². The number of hydrogen-bond acceptors (Lipinski definition) is 5. The summed E-state index contributed by atoms with van der Waals surface area (Å²) >= 11 is 6.13. The maximum atomic E-state index is 12.4. The molecule has 0 saturated heterocycles. The molecule has 1 heterocycles. The molecule has 0 spiro atoms. The monoisotopic (exact) mass is 350 g/mol. The highest BCUT2D eigenvalue weighted by atomic mass is 35.5. The van der Waals surface area contributed by atoms with E-state index in [4.69, 9.17) is 17.3 Å². The van der Waals surface area contributed by atoms with E-state index in [1.807, 2.05) is 0 Å². The Kier molecular flexibility index (Phi) is 5.54. The molecule has 2 amide bonds. The van der Waals surface area contributed by atoms with Crippen LogP contribution < -0.4 is 11.1 Å². The molecule has 0 radical (unpaired) electrons. The molecule has 1 aromatic carbocycles. The number of hydrogen-bond donors (Lipinski definition) is 3. The predicted molar refractivity (Wildman–Crippen MR) is 86.8 cm³/mol. The minimum Gasteiger partial charge on any atom is -0.439 e. The lowest BCUT2D eigenvalue weighted by Gasteiger charge is -2.14. The van der Waals surface area contributed by atoms with Crippen LogP contribution in [0.4, 0.5) is 10.6 Å². The molecule has 0 bridgehead atoms. The Bertz CT molecular complexity index is 761. The zero-order chi connectivity index (χ0) is 17.7. The third-order valence-corrected chi connectivity index (χ3v) is 3.56. The fourth-order valence-corrected chi connectivity index (χ4v) is 2.27. The molecule has 0 aliphatic carbocycles. The Morgan fingerprint density at radius 3 is 2.75 bits per heavy atom. The van der Waals surface area contributed by atoms with E-state index in [1.165, 1.54) is 13.1 Å². The average molecular weight is 351 g/mol. The first kappa shape index (κ1) is 17.5. The Morgan fingerprint density at radius 1 is 1.38 bits per heavy atom. The molecule has 24 heavy (non-hydrogen) atoms. The number of nitrogens with two attached hydrogens (primary N) is 1. The van der Waals surface area contributed by atoms with Gasteiger partial charge in [-0.15, -0.1) is 0 Å². The number of rotatable bonds is 6. The first-order chi connectivity index (χ1) is 11.4. The van der Waals surface area contributed by atoms with Crippen molar-refractivity contribution in [3.05, 3.63) is 46.6 Å². The van der Waals surface area contributed by atoms with Gasteiger partial charge in [-0.05, 0) is 24.6 Å². The molecule has 1 unspecified atom stereocenters. The number of ether oxygens (including phenoxy) is 1. The normalized spacial score (nSPS) is 11.6. The number of ketones is 1. The molecule has 2 rings (SSSR count). The van der Waals surface area contributed by atoms with Gasteiger partial charge in [-0.2, -0.15) is 5.10 Å². The number of nitrogens with one attached hydrogen (secondary N) is 2. The van der Waals surface area contributed by atoms with Crippen LogP contribution >= 0.6 is 11.6 Å². The summed E-state index contributed by atoms with van der Waals surface area (Å²) in [7, 11) is 0. The first-order valence-electron chi connectivity index (χ1n) is 6.95. The second-order valence-electron chi connectivity index (χ2n) is 4.91. The summed E-state index contributed by atoms with van der Waals surface area (Å²) in [6.07, 6.45) is -0.782. The van der Waals surface area contributed by atoms with Crippen LogP contribution in [0.1, 0.15) is 22.8 Å². The Hall–Kier alpha value is -2.87. The van der Waals surface area contributed by atoms with Gasteiger partial charge >= 0.3 is 6.09 Å². The molecule has 0 saturated carbocycles. The topological polar surface area (TPSA) is 127 Å². The molecule has 8 nitrogen and oxygen atoms in total. The van der Waals surface area contributed by atoms with Crippen LogP contribution in [0.3, 0.4) is 0 Å². The van der Waals surface area contributed by atoms with E-state index in [0.717, 1.165) is 0 Å². The van der Waals surface area contributed by atoms with Gasteiger partial charge in [-0.3, -0.25) is 14.7 Å². The number of anilines is 1. The van der Waals surface area contributed by atoms with E-state index in [0.29, 0.717) is 11.4 Å². The van der Waals surface area contributed by atoms with Crippen molar-refractivity contribution in [2.24, 2.45) is 5.73 Å². The van der Waals surface area contributed by atoms with Crippen molar-refractivity contribution in [3.8, 4) is 0 Å². The fourth-order valence-electron chi connectivity index (χ4n) is 2.02. The summed E-state index contributed by atoms with van der Waals surface area (Å²) in [6, 6.07) is 6.29. The maximum Gasteiger partial charge on any atom is 0.405 e. The molecule has 1 atom stereocenters. The van der Waals surface area contributed by atoms with Crippen molar-refractivity contribution in [1.82, 2.24) is 10.2 Å². The van der Waals surface area contributed by atoms with Crippen LogP contribution in [-0.2, 0) is 16.0 Å². The molecule has 126 valence electrons. The van der Waals surface area contributed by atoms with Gasteiger partial charge in [0.25, 0.3) is 5.91 Å². The van der Waals surface area contributed by atoms with Crippen LogP contribution in [-0.4, -0.2) is 34.1 Å². The van der Waals surface area contributed by atoms with Gasteiger partial charge in [-0.1, -0.05) is 17.7 Å². The zero-order valence-corrected chi connectivity index (χ0v) is 13.5. The number of Topliss-reactive ketones (excluding diaryl/α,β-unsaturated/α-hetero) is 1. The highest BCUT2D eigenvalue weighted by Crippen LogP contribution is 2.22. The average Bonchev–Trinajstić information content (AvgIpc) is 3.01. The van der Waals surface area contributed by atoms with Crippen molar-refractivity contribution in [2.45, 2.75) is 19.4 Å². The van der Waals surface area contributed by atoms with Gasteiger partial charge in [0.15, 0.2) is 11.9 Å². The Labute approximate surface area is 142 Å². The van der Waals surface area contributed by atoms with Crippen LogP contribution in [0, 0.1) is 0 Å². The van der Waals surface area contributed by atoms with Gasteiger partial charge < -0.3 is 15.8 Å². The lowest BCUT2D eigenvalue weighted by atomic mass is 9.99. The van der Waals surface area contributed by atoms with Gasteiger partial charge in [0, 0.05) is 23.1 Å². The molecule has 4 N–H and O–H groups in total. The number of H-pyrrole nitrogens is 1. The molecular formula is C15H15ClN4O4. The molecule has 0 aliphatic heterocycles. The number of nitrogens with zero attached hydrogens (tertiary/aromatic N) is 1. The van der Waals surface area contributed by atoms with Crippen molar-refractivity contribution in [3.63, 3.8) is 0 Å². The second kappa shape index (κ2) is 7.60. The number of benzene rings is 1. The summed E-state index contributed by atoms with van der Waals surface area (Å²) in [4.78, 5) is 35.3. The quantitative estimate of drug-likeness (QED) is 0.733. The number of primary amides is 1. The van der Waals surface area contributed by atoms with E-state index in [-0.39, 0.29) is 17.0 Å². The van der Waals surface area contributed by atoms with Crippen LogP contribution in [0.25, 0.3) is 0 Å². The summed E-state index contributed by atoms with van der Waals surface area (Å²) in [5.74, 6) is -0.479. The lowest BCUT2D eigenvalue weighted by molar-refractivity contribution is -0.125. The van der Waals surface area contributed by atoms with E-state index in [2.05, 4.69) is 20.3 Å². The third-order valence-electron chi connectivity index (χ3n) is 3.21. The van der Waals surface area contributed by atoms with E-state index >= 15 is 0 Å². The third kappa shape index (κ3) is 4.32. The van der Waals surface area contributed by atoms with Gasteiger partial charge in [0.05, 0.1) is 6.20 Å². The molecule has 9 heteroatoms. The predicted octanol–water partition coefficient (Wildman–Crippen LogP) is 1.91. The molecule has 0 aliphatic rings. The molecular weight excluding hydrogens is 336 g/mol. The van der Waals surface area contributed by atoms with E-state index in [9.17, 15) is 14.4 Å². The lowest BCUT2D eigenvalue weighted by Crippen LogP contribution is -2.29. The molecule has 2 aromatic rings. The highest BCUT2D eigenvalue weighted by molar-refractivity contribution is 6.32. The number of carbonyl (C=O) groups is 3. The SMILES string of the molecule is CC(OC(N)=O)C(=O)Cc1c(Cl)cccc1C(=O)Nc1ccn[nH]1. The number of aromatic nitrogens is 2. The van der Waals surface area contributed by atoms with Crippen molar-refractivity contribution < 1.29 is 19.1 Å². The Balaban J connectivity index is 2.21. The maximum absolute atomic E-state index is 12.4. The Morgan fingerprint density at radius 2 is 2.12 bits per heavy atom. The number of halogens is 1. The zero-order valence-electron chi connectivity index (χ0n) is 12.7. The largest absolute Gasteiger partial charge is 0.439 e. The molecule has 1 aromatic heterocycles. The fraction of sp³-hybridized carbons (Fsp3) is 0.200. The number of aromatic amines is 1. The van der Waals surface area contributed by atoms with E-state index < -0.39 is 23.9 Å². The summed E-state index contributed by atoms with van der Waals surface area (Å²) in [5.41, 5.74) is 5.46. The van der Waals surface area contributed by atoms with Crippen LogP contribution in [0.15, 0.2) is 30.5 Å². The summed E-state index contributed by atoms with van der Waals surface area (Å²) < 4.78 is 4.64. The summed E-state index contributed by atoms with van der Waals surface area (Å²) in [5, 5.41) is 9.19. The van der Waals surface area contributed by atoms with Crippen molar-refractivity contribution in [2.75, 3.05) is 5.32 Å². The van der Waals surface area contributed by atoms with Crippen LogP contribution in [0.5, 0.6) is 0 Å². The highest BCUT2D eigenvalue weighted by Gasteiger charge is 2.22.